The van der Waals surface area contributed by atoms with Crippen LogP contribution in [0.5, 0.6) is 5.88 Å². The van der Waals surface area contributed by atoms with E-state index in [9.17, 15) is 18.0 Å². The molecule has 2 heterocycles. The largest absolute Gasteiger partial charge is 0.466 e. The molecule has 1 fully saturated rings. The van der Waals surface area contributed by atoms with Gasteiger partial charge in [-0.15, -0.1) is 0 Å². The summed E-state index contributed by atoms with van der Waals surface area (Å²) in [7, 11) is 0. The van der Waals surface area contributed by atoms with E-state index in [1.54, 1.807) is 11.0 Å². The first-order valence-corrected chi connectivity index (χ1v) is 6.73. The summed E-state index contributed by atoms with van der Waals surface area (Å²) < 4.78 is 41.3. The lowest BCUT2D eigenvalue weighted by molar-refractivity contribution is -0.153. The summed E-state index contributed by atoms with van der Waals surface area (Å²) in [6, 6.07) is 3.09. The van der Waals surface area contributed by atoms with Crippen LogP contribution >= 0.6 is 0 Å². The molecule has 6 nitrogen and oxygen atoms in total. The first-order valence-electron chi connectivity index (χ1n) is 6.73. The van der Waals surface area contributed by atoms with Gasteiger partial charge in [-0.1, -0.05) is 0 Å². The molecule has 0 aliphatic carbocycles. The van der Waals surface area contributed by atoms with E-state index in [1.807, 2.05) is 4.90 Å². The molecule has 2 N–H and O–H groups in total. The van der Waals surface area contributed by atoms with Gasteiger partial charge in [0.2, 0.25) is 11.8 Å². The van der Waals surface area contributed by atoms with Crippen LogP contribution in [-0.4, -0.2) is 54.8 Å². The van der Waals surface area contributed by atoms with Gasteiger partial charge in [0, 0.05) is 33.1 Å². The maximum absolute atomic E-state index is 12.2. The van der Waals surface area contributed by atoms with Crippen LogP contribution in [0.4, 0.5) is 24.7 Å². The molecule has 1 aliphatic rings. The van der Waals surface area contributed by atoms with Crippen LogP contribution in [0.2, 0.25) is 0 Å². The molecule has 1 saturated heterocycles. The second-order valence-corrected chi connectivity index (χ2v) is 4.96. The number of nitrogens with two attached hydrogens (primary N) is 1. The number of aromatic nitrogens is 1. The number of ether oxygens (including phenoxy) is 1. The van der Waals surface area contributed by atoms with Gasteiger partial charge in [-0.3, -0.25) is 4.79 Å². The Bertz CT molecular complexity index is 543. The van der Waals surface area contributed by atoms with Crippen molar-refractivity contribution in [2.45, 2.75) is 13.1 Å². The monoisotopic (exact) mass is 318 g/mol. The minimum atomic E-state index is -4.45. The normalized spacial score (nSPS) is 15.8. The lowest BCUT2D eigenvalue weighted by atomic mass is 10.3. The fourth-order valence-electron chi connectivity index (χ4n) is 2.13. The number of amides is 1. The minimum Gasteiger partial charge on any atom is -0.466 e. The molecule has 1 aromatic heterocycles. The Morgan fingerprint density at radius 3 is 2.50 bits per heavy atom. The van der Waals surface area contributed by atoms with Crippen molar-refractivity contribution in [3.8, 4) is 5.88 Å². The van der Waals surface area contributed by atoms with Gasteiger partial charge < -0.3 is 20.3 Å². The Morgan fingerprint density at radius 1 is 1.32 bits per heavy atom. The molecule has 9 heteroatoms. The molecule has 1 aromatic rings. The third kappa shape index (κ3) is 4.15. The Morgan fingerprint density at radius 2 is 1.95 bits per heavy atom. The van der Waals surface area contributed by atoms with E-state index < -0.39 is 12.8 Å². The molecule has 0 spiro atoms. The number of hydrogen-bond donors (Lipinski definition) is 1. The molecule has 2 rings (SSSR count). The van der Waals surface area contributed by atoms with Crippen molar-refractivity contribution in [2.75, 3.05) is 43.4 Å². The molecular formula is C13H17F3N4O2. The molecule has 22 heavy (non-hydrogen) atoms. The number of rotatable bonds is 3. The highest BCUT2D eigenvalue weighted by Crippen LogP contribution is 2.26. The maximum Gasteiger partial charge on any atom is 0.422 e. The van der Waals surface area contributed by atoms with Gasteiger partial charge in [-0.25, -0.2) is 0 Å². The van der Waals surface area contributed by atoms with Crippen LogP contribution in [-0.2, 0) is 4.79 Å². The molecule has 0 unspecified atom stereocenters. The number of carbonyl (C=O) groups is 1. The third-order valence-corrected chi connectivity index (χ3v) is 3.30. The molecule has 0 saturated carbocycles. The number of pyridine rings is 1. The van der Waals surface area contributed by atoms with Crippen molar-refractivity contribution in [3.05, 3.63) is 12.1 Å². The maximum atomic E-state index is 12.2. The molecular weight excluding hydrogens is 301 g/mol. The van der Waals surface area contributed by atoms with Crippen LogP contribution in [0.15, 0.2) is 12.1 Å². The van der Waals surface area contributed by atoms with Gasteiger partial charge in [-0.2, -0.15) is 18.2 Å². The molecule has 0 aromatic carbocycles. The summed E-state index contributed by atoms with van der Waals surface area (Å²) in [5, 5.41) is 0. The zero-order valence-electron chi connectivity index (χ0n) is 12.1. The summed E-state index contributed by atoms with van der Waals surface area (Å²) >= 11 is 0. The molecule has 122 valence electrons. The second kappa shape index (κ2) is 6.29. The number of nitrogens with zero attached hydrogens (tertiary/aromatic N) is 3. The Kier molecular flexibility index (Phi) is 4.62. The smallest absolute Gasteiger partial charge is 0.422 e. The summed E-state index contributed by atoms with van der Waals surface area (Å²) in [6.45, 7) is 2.25. The number of halogens is 3. The van der Waals surface area contributed by atoms with Crippen LogP contribution < -0.4 is 15.4 Å². The molecule has 1 amide bonds. The number of hydrogen-bond acceptors (Lipinski definition) is 5. The van der Waals surface area contributed by atoms with E-state index in [0.29, 0.717) is 32.0 Å². The number of piperazine rings is 1. The van der Waals surface area contributed by atoms with Crippen molar-refractivity contribution < 1.29 is 22.7 Å². The summed E-state index contributed by atoms with van der Waals surface area (Å²) in [6.07, 6.45) is -4.45. The molecule has 0 bridgehead atoms. The van der Waals surface area contributed by atoms with Gasteiger partial charge in [-0.05, 0) is 12.1 Å². The zero-order valence-corrected chi connectivity index (χ0v) is 12.1. The van der Waals surface area contributed by atoms with Gasteiger partial charge in [0.05, 0.1) is 5.69 Å². The lowest BCUT2D eigenvalue weighted by Gasteiger charge is -2.35. The topological polar surface area (TPSA) is 71.7 Å². The van der Waals surface area contributed by atoms with Crippen LogP contribution in [0.25, 0.3) is 0 Å². The van der Waals surface area contributed by atoms with Crippen molar-refractivity contribution in [1.29, 1.82) is 0 Å². The highest BCUT2D eigenvalue weighted by molar-refractivity contribution is 5.73. The van der Waals surface area contributed by atoms with Gasteiger partial charge in [0.1, 0.15) is 5.82 Å². The van der Waals surface area contributed by atoms with Crippen molar-refractivity contribution in [3.63, 3.8) is 0 Å². The van der Waals surface area contributed by atoms with E-state index in [2.05, 4.69) is 9.72 Å². The number of alkyl halides is 3. The van der Waals surface area contributed by atoms with Gasteiger partial charge in [0.15, 0.2) is 6.61 Å². The number of carbonyl (C=O) groups excluding carboxylic acids is 1. The summed E-state index contributed by atoms with van der Waals surface area (Å²) in [4.78, 5) is 18.9. The Labute approximate surface area is 125 Å². The van der Waals surface area contributed by atoms with Crippen LogP contribution in [0, 0.1) is 0 Å². The van der Waals surface area contributed by atoms with E-state index in [4.69, 9.17) is 5.73 Å². The molecule has 0 atom stereocenters. The van der Waals surface area contributed by atoms with Gasteiger partial charge in [0.25, 0.3) is 0 Å². The van der Waals surface area contributed by atoms with Gasteiger partial charge >= 0.3 is 6.18 Å². The third-order valence-electron chi connectivity index (χ3n) is 3.30. The zero-order chi connectivity index (χ0) is 16.3. The van der Waals surface area contributed by atoms with E-state index in [1.165, 1.54) is 13.0 Å². The first kappa shape index (κ1) is 16.2. The first-order chi connectivity index (χ1) is 10.3. The summed E-state index contributed by atoms with van der Waals surface area (Å²) in [5.74, 6) is 0.248. The molecule has 0 radical (unpaired) electrons. The standard InChI is InChI=1S/C13H17F3N4O2/c1-9(21)19-4-6-20(7-5-19)11-3-2-10(17)12(18-11)22-8-13(14,15)16/h2-3H,4-8,17H2,1H3. The highest BCUT2D eigenvalue weighted by Gasteiger charge is 2.29. The van der Waals surface area contributed by atoms with Crippen molar-refractivity contribution >= 4 is 17.4 Å². The van der Waals surface area contributed by atoms with E-state index in [-0.39, 0.29) is 17.5 Å². The lowest BCUT2D eigenvalue weighted by Crippen LogP contribution is -2.48. The van der Waals surface area contributed by atoms with Crippen LogP contribution in [0.1, 0.15) is 6.92 Å². The predicted molar refractivity (Wildman–Crippen MR) is 74.7 cm³/mol. The SMILES string of the molecule is CC(=O)N1CCN(c2ccc(N)c(OCC(F)(F)F)n2)CC1. The van der Waals surface area contributed by atoms with Crippen molar-refractivity contribution in [1.82, 2.24) is 9.88 Å². The second-order valence-electron chi connectivity index (χ2n) is 4.96. The highest BCUT2D eigenvalue weighted by atomic mass is 19.4. The van der Waals surface area contributed by atoms with E-state index in [0.717, 1.165) is 0 Å². The quantitative estimate of drug-likeness (QED) is 0.909. The number of anilines is 2. The fourth-order valence-corrected chi connectivity index (χ4v) is 2.13. The number of nitrogen functional groups attached to an aromatic ring is 1. The van der Waals surface area contributed by atoms with Crippen molar-refractivity contribution in [2.24, 2.45) is 0 Å². The summed E-state index contributed by atoms with van der Waals surface area (Å²) in [5.41, 5.74) is 5.64. The molecule has 1 aliphatic heterocycles. The van der Waals surface area contributed by atoms with Crippen LogP contribution in [0.3, 0.4) is 0 Å². The fraction of sp³-hybridized carbons (Fsp3) is 0.538. The average molecular weight is 318 g/mol. The average Bonchev–Trinajstić information content (AvgIpc) is 2.45. The van der Waals surface area contributed by atoms with E-state index >= 15 is 0 Å². The Balaban J connectivity index is 2.05. The minimum absolute atomic E-state index is 0.000820. The Hall–Kier alpha value is -2.19. The predicted octanol–water partition coefficient (Wildman–Crippen LogP) is 1.27.